The Morgan fingerprint density at radius 2 is 1.61 bits per heavy atom. The van der Waals surface area contributed by atoms with Gasteiger partial charge >= 0.3 is 0 Å². The van der Waals surface area contributed by atoms with E-state index in [1.807, 2.05) is 0 Å². The van der Waals surface area contributed by atoms with Gasteiger partial charge in [-0.2, -0.15) is 0 Å². The molecule has 8 nitrogen and oxygen atoms in total. The van der Waals surface area contributed by atoms with Crippen LogP contribution in [0.3, 0.4) is 0 Å². The van der Waals surface area contributed by atoms with Gasteiger partial charge < -0.3 is 18.6 Å². The third kappa shape index (κ3) is 4.48. The summed E-state index contributed by atoms with van der Waals surface area (Å²) in [5.41, 5.74) is 0.839. The number of ether oxygens (including phenoxy) is 3. The third-order valence-electron chi connectivity index (χ3n) is 4.55. The fourth-order valence-electron chi connectivity index (χ4n) is 2.90. The molecule has 4 rings (SSSR count). The minimum Gasteiger partial charge on any atom is -0.497 e. The zero-order chi connectivity index (χ0) is 21.8. The number of nitrogens with zero attached hydrogens (tertiary/aromatic N) is 1. The summed E-state index contributed by atoms with van der Waals surface area (Å²) in [5, 5.41) is 11.1. The molecule has 3 aromatic carbocycles. The summed E-state index contributed by atoms with van der Waals surface area (Å²) in [6.45, 7) is 0.215. The minimum atomic E-state index is -0.456. The molecule has 0 saturated carbocycles. The van der Waals surface area contributed by atoms with Crippen LogP contribution in [0.1, 0.15) is 5.56 Å². The van der Waals surface area contributed by atoms with Crippen molar-refractivity contribution < 1.29 is 23.6 Å². The maximum Gasteiger partial charge on any atom is 0.269 e. The van der Waals surface area contributed by atoms with Gasteiger partial charge in [0.1, 0.15) is 35.7 Å². The van der Waals surface area contributed by atoms with Gasteiger partial charge in [-0.15, -0.1) is 0 Å². The molecular formula is C23H17NO7. The van der Waals surface area contributed by atoms with E-state index < -0.39 is 4.92 Å². The van der Waals surface area contributed by atoms with Gasteiger partial charge in [-0.1, -0.05) is 0 Å². The Morgan fingerprint density at radius 3 is 2.29 bits per heavy atom. The van der Waals surface area contributed by atoms with Crippen molar-refractivity contribution in [2.75, 3.05) is 7.11 Å². The highest BCUT2D eigenvalue weighted by Crippen LogP contribution is 2.26. The number of nitro groups is 1. The van der Waals surface area contributed by atoms with Crippen molar-refractivity contribution in [3.63, 3.8) is 0 Å². The number of non-ortho nitro benzene ring substituents is 1. The highest BCUT2D eigenvalue weighted by atomic mass is 16.6. The van der Waals surface area contributed by atoms with Crippen molar-refractivity contribution in [1.82, 2.24) is 0 Å². The van der Waals surface area contributed by atoms with Crippen molar-refractivity contribution in [1.29, 1.82) is 0 Å². The largest absolute Gasteiger partial charge is 0.497 e. The number of hydrogen-bond acceptors (Lipinski definition) is 7. The molecule has 156 valence electrons. The summed E-state index contributed by atoms with van der Waals surface area (Å²) >= 11 is 0. The maximum atomic E-state index is 12.7. The molecule has 1 heterocycles. The Hall–Kier alpha value is -4.33. The number of rotatable bonds is 7. The molecule has 0 atom stereocenters. The van der Waals surface area contributed by atoms with Crippen LogP contribution in [0.15, 0.2) is 82.2 Å². The van der Waals surface area contributed by atoms with E-state index in [0.717, 1.165) is 5.56 Å². The third-order valence-corrected chi connectivity index (χ3v) is 4.55. The molecule has 31 heavy (non-hydrogen) atoms. The van der Waals surface area contributed by atoms with Gasteiger partial charge in [-0.05, 0) is 54.1 Å². The van der Waals surface area contributed by atoms with Crippen LogP contribution in [0, 0.1) is 10.1 Å². The first-order chi connectivity index (χ1) is 15.0. The lowest BCUT2D eigenvalue weighted by Gasteiger charge is -2.09. The fourth-order valence-corrected chi connectivity index (χ4v) is 2.90. The van der Waals surface area contributed by atoms with Gasteiger partial charge in [0, 0.05) is 18.2 Å². The zero-order valence-electron chi connectivity index (χ0n) is 16.4. The number of methoxy groups -OCH3 is 1. The van der Waals surface area contributed by atoms with Crippen molar-refractivity contribution in [2.24, 2.45) is 0 Å². The van der Waals surface area contributed by atoms with Crippen LogP contribution in [0.5, 0.6) is 23.0 Å². The lowest BCUT2D eigenvalue weighted by molar-refractivity contribution is -0.384. The van der Waals surface area contributed by atoms with Gasteiger partial charge in [0.05, 0.1) is 17.4 Å². The molecule has 0 saturated heterocycles. The Balaban J connectivity index is 1.49. The Bertz CT molecular complexity index is 1280. The average molecular weight is 419 g/mol. The summed E-state index contributed by atoms with van der Waals surface area (Å²) in [7, 11) is 1.57. The number of fused-ring (bicyclic) bond motifs is 1. The van der Waals surface area contributed by atoms with Crippen LogP contribution in [0.4, 0.5) is 5.69 Å². The monoisotopic (exact) mass is 419 g/mol. The normalized spacial score (nSPS) is 10.6. The summed E-state index contributed by atoms with van der Waals surface area (Å²) in [6, 6.07) is 17.8. The molecular weight excluding hydrogens is 402 g/mol. The predicted molar refractivity (Wildman–Crippen MR) is 113 cm³/mol. The predicted octanol–water partition coefficient (Wildman–Crippen LogP) is 5.08. The SMILES string of the molecule is COc1ccc(Oc2coc3cc(OCc4ccc([N+](=O)[O-])cc4)ccc3c2=O)cc1. The minimum absolute atomic E-state index is 0.0175. The van der Waals surface area contributed by atoms with Crippen LogP contribution in [0.25, 0.3) is 11.0 Å². The van der Waals surface area contributed by atoms with E-state index in [4.69, 9.17) is 18.6 Å². The van der Waals surface area contributed by atoms with Crippen LogP contribution < -0.4 is 19.6 Å². The maximum absolute atomic E-state index is 12.7. The molecule has 0 radical (unpaired) electrons. The molecule has 0 N–H and O–H groups in total. The fraction of sp³-hybridized carbons (Fsp3) is 0.0870. The van der Waals surface area contributed by atoms with Crippen molar-refractivity contribution in [3.05, 3.63) is 98.9 Å². The second-order valence-electron chi connectivity index (χ2n) is 6.58. The molecule has 4 aromatic rings. The van der Waals surface area contributed by atoms with Crippen LogP contribution in [0.2, 0.25) is 0 Å². The van der Waals surface area contributed by atoms with Crippen LogP contribution in [-0.2, 0) is 6.61 Å². The summed E-state index contributed by atoms with van der Waals surface area (Å²) in [4.78, 5) is 23.0. The van der Waals surface area contributed by atoms with E-state index in [-0.39, 0.29) is 23.5 Å². The lowest BCUT2D eigenvalue weighted by Crippen LogP contribution is -2.05. The molecule has 0 amide bonds. The highest BCUT2D eigenvalue weighted by molar-refractivity contribution is 5.79. The first-order valence-corrected chi connectivity index (χ1v) is 9.27. The Kier molecular flexibility index (Phi) is 5.53. The second kappa shape index (κ2) is 8.58. The van der Waals surface area contributed by atoms with Gasteiger partial charge in [0.25, 0.3) is 5.69 Å². The van der Waals surface area contributed by atoms with Gasteiger partial charge in [0.2, 0.25) is 11.2 Å². The van der Waals surface area contributed by atoms with Crippen molar-refractivity contribution >= 4 is 16.7 Å². The average Bonchev–Trinajstić information content (AvgIpc) is 2.80. The van der Waals surface area contributed by atoms with E-state index in [1.165, 1.54) is 18.4 Å². The van der Waals surface area contributed by atoms with Gasteiger partial charge in [0.15, 0.2) is 0 Å². The summed E-state index contributed by atoms with van der Waals surface area (Å²) < 4.78 is 22.0. The Labute approximate surface area is 176 Å². The van der Waals surface area contributed by atoms with Crippen molar-refractivity contribution in [3.8, 4) is 23.0 Å². The summed E-state index contributed by atoms with van der Waals surface area (Å²) in [5.74, 6) is 1.73. The van der Waals surface area contributed by atoms with E-state index in [1.54, 1.807) is 61.7 Å². The molecule has 0 aliphatic rings. The van der Waals surface area contributed by atoms with Crippen LogP contribution >= 0.6 is 0 Å². The first-order valence-electron chi connectivity index (χ1n) is 9.27. The quantitative estimate of drug-likeness (QED) is 0.304. The number of hydrogen-bond donors (Lipinski definition) is 0. The lowest BCUT2D eigenvalue weighted by atomic mass is 10.2. The van der Waals surface area contributed by atoms with E-state index in [0.29, 0.717) is 28.2 Å². The molecule has 0 aliphatic heterocycles. The van der Waals surface area contributed by atoms with Gasteiger partial charge in [-0.25, -0.2) is 0 Å². The Morgan fingerprint density at radius 1 is 0.935 bits per heavy atom. The standard InChI is InChI=1S/C23H17NO7/c1-28-17-6-8-18(9-7-17)31-22-14-30-21-12-19(10-11-20(21)23(22)25)29-13-15-2-4-16(5-3-15)24(26)27/h2-12,14H,13H2,1H3. The number of benzene rings is 3. The number of nitro benzene ring substituents is 1. The molecule has 0 aliphatic carbocycles. The van der Waals surface area contributed by atoms with E-state index in [9.17, 15) is 14.9 Å². The summed E-state index contributed by atoms with van der Waals surface area (Å²) in [6.07, 6.45) is 1.26. The smallest absolute Gasteiger partial charge is 0.269 e. The molecule has 8 heteroatoms. The second-order valence-corrected chi connectivity index (χ2v) is 6.58. The zero-order valence-corrected chi connectivity index (χ0v) is 16.4. The van der Waals surface area contributed by atoms with E-state index in [2.05, 4.69) is 0 Å². The molecule has 1 aromatic heterocycles. The molecule has 0 fully saturated rings. The van der Waals surface area contributed by atoms with Gasteiger partial charge in [-0.3, -0.25) is 14.9 Å². The topological polar surface area (TPSA) is 101 Å². The molecule has 0 bridgehead atoms. The first kappa shape index (κ1) is 20.0. The van der Waals surface area contributed by atoms with Crippen LogP contribution in [-0.4, -0.2) is 12.0 Å². The van der Waals surface area contributed by atoms with Crippen molar-refractivity contribution in [2.45, 2.75) is 6.61 Å². The molecule has 0 unspecified atom stereocenters. The highest BCUT2D eigenvalue weighted by Gasteiger charge is 2.11. The molecule has 0 spiro atoms. The van der Waals surface area contributed by atoms with E-state index >= 15 is 0 Å².